The van der Waals surface area contributed by atoms with E-state index in [9.17, 15) is 9.59 Å². The molecule has 1 N–H and O–H groups in total. The Kier molecular flexibility index (Phi) is 6.97. The molecule has 1 aliphatic heterocycles. The summed E-state index contributed by atoms with van der Waals surface area (Å²) in [6, 6.07) is 15.2. The largest absolute Gasteiger partial charge is 0.487 e. The van der Waals surface area contributed by atoms with Crippen LogP contribution in [0.1, 0.15) is 34.7 Å². The smallest absolute Gasteiger partial charge is 0.248 e. The van der Waals surface area contributed by atoms with Crippen LogP contribution in [0.25, 0.3) is 6.08 Å². The van der Waals surface area contributed by atoms with Crippen LogP contribution < -0.4 is 10.1 Å². The molecule has 164 valence electrons. The van der Waals surface area contributed by atoms with Gasteiger partial charge < -0.3 is 15.0 Å². The summed E-state index contributed by atoms with van der Waals surface area (Å²) in [5.74, 6) is 0.650. The average Bonchev–Trinajstić information content (AvgIpc) is 3.39. The Morgan fingerprint density at radius 2 is 2.12 bits per heavy atom. The van der Waals surface area contributed by atoms with Gasteiger partial charge in [0.15, 0.2) is 0 Å². The molecule has 2 amide bonds. The summed E-state index contributed by atoms with van der Waals surface area (Å²) < 4.78 is 5.90. The van der Waals surface area contributed by atoms with Gasteiger partial charge in [-0.1, -0.05) is 30.3 Å². The highest BCUT2D eigenvalue weighted by atomic mass is 32.1. The van der Waals surface area contributed by atoms with Crippen LogP contribution in [0, 0.1) is 6.92 Å². The second kappa shape index (κ2) is 10.2. The molecule has 1 aliphatic rings. The van der Waals surface area contributed by atoms with Crippen molar-refractivity contribution >= 4 is 34.9 Å². The van der Waals surface area contributed by atoms with Crippen LogP contribution in [-0.2, 0) is 22.7 Å². The zero-order chi connectivity index (χ0) is 22.3. The molecule has 1 fully saturated rings. The van der Waals surface area contributed by atoms with Gasteiger partial charge in [0.2, 0.25) is 11.8 Å². The van der Waals surface area contributed by atoms with Gasteiger partial charge in [-0.15, -0.1) is 11.3 Å². The Balaban J connectivity index is 1.36. The average molecular weight is 448 g/mol. The highest BCUT2D eigenvalue weighted by Crippen LogP contribution is 2.22. The highest BCUT2D eigenvalue weighted by Gasteiger charge is 2.20. The minimum atomic E-state index is -0.232. The monoisotopic (exact) mass is 447 g/mol. The SMILES string of the molecule is Cc1nc(COc2ccccc2/C=C/C(=O)Nc2cccc(CN3CCCC3=O)c2)cs1. The molecule has 2 heterocycles. The Hall–Kier alpha value is -3.45. The highest BCUT2D eigenvalue weighted by molar-refractivity contribution is 7.09. The molecule has 1 aromatic heterocycles. The molecular formula is C25H25N3O3S. The number of nitrogens with zero attached hydrogens (tertiary/aromatic N) is 2. The van der Waals surface area contributed by atoms with Crippen molar-refractivity contribution < 1.29 is 14.3 Å². The van der Waals surface area contributed by atoms with Crippen molar-refractivity contribution in [3.05, 3.63) is 81.8 Å². The molecule has 4 rings (SSSR count). The van der Waals surface area contributed by atoms with Crippen molar-refractivity contribution in [2.45, 2.75) is 32.9 Å². The Morgan fingerprint density at radius 1 is 1.25 bits per heavy atom. The number of amides is 2. The number of aromatic nitrogens is 1. The van der Waals surface area contributed by atoms with Crippen molar-refractivity contribution in [3.8, 4) is 5.75 Å². The summed E-state index contributed by atoms with van der Waals surface area (Å²) in [6.07, 6.45) is 4.76. The lowest BCUT2D eigenvalue weighted by Gasteiger charge is -2.16. The van der Waals surface area contributed by atoms with Crippen LogP contribution >= 0.6 is 11.3 Å². The first kappa shape index (κ1) is 21.8. The van der Waals surface area contributed by atoms with Crippen molar-refractivity contribution in [1.82, 2.24) is 9.88 Å². The number of carbonyl (C=O) groups excluding carboxylic acids is 2. The number of carbonyl (C=O) groups is 2. The van der Waals surface area contributed by atoms with Gasteiger partial charge >= 0.3 is 0 Å². The molecule has 3 aromatic rings. The molecular weight excluding hydrogens is 422 g/mol. The summed E-state index contributed by atoms with van der Waals surface area (Å²) in [4.78, 5) is 30.6. The quantitative estimate of drug-likeness (QED) is 0.503. The van der Waals surface area contributed by atoms with Gasteiger partial charge in [-0.3, -0.25) is 9.59 Å². The molecule has 0 saturated carbocycles. The lowest BCUT2D eigenvalue weighted by Crippen LogP contribution is -2.23. The summed E-state index contributed by atoms with van der Waals surface area (Å²) in [6.45, 7) is 3.71. The van der Waals surface area contributed by atoms with Gasteiger partial charge in [0.1, 0.15) is 12.4 Å². The van der Waals surface area contributed by atoms with Gasteiger partial charge in [0.05, 0.1) is 10.7 Å². The Bertz CT molecular complexity index is 1140. The number of aryl methyl sites for hydroxylation is 1. The second-order valence-corrected chi connectivity index (χ2v) is 8.69. The van der Waals surface area contributed by atoms with E-state index in [1.165, 1.54) is 6.08 Å². The predicted molar refractivity (Wildman–Crippen MR) is 126 cm³/mol. The molecule has 2 aromatic carbocycles. The van der Waals surface area contributed by atoms with Crippen molar-refractivity contribution in [3.63, 3.8) is 0 Å². The van der Waals surface area contributed by atoms with Crippen LogP contribution in [-0.4, -0.2) is 28.2 Å². The Labute approximate surface area is 191 Å². The third kappa shape index (κ3) is 5.82. The maximum atomic E-state index is 12.5. The predicted octanol–water partition coefficient (Wildman–Crippen LogP) is 4.80. The van der Waals surface area contributed by atoms with E-state index >= 15 is 0 Å². The fourth-order valence-electron chi connectivity index (χ4n) is 3.56. The fourth-order valence-corrected chi connectivity index (χ4v) is 4.16. The van der Waals surface area contributed by atoms with Crippen molar-refractivity contribution in [2.24, 2.45) is 0 Å². The van der Waals surface area contributed by atoms with E-state index in [0.29, 0.717) is 31.0 Å². The Morgan fingerprint density at radius 3 is 2.91 bits per heavy atom. The molecule has 7 heteroatoms. The molecule has 0 atom stereocenters. The van der Waals surface area contributed by atoms with E-state index in [2.05, 4.69) is 10.3 Å². The molecule has 0 radical (unpaired) electrons. The van der Waals surface area contributed by atoms with Gasteiger partial charge in [0, 0.05) is 42.2 Å². The molecule has 1 saturated heterocycles. The third-order valence-corrected chi connectivity index (χ3v) is 5.94. The number of nitrogens with one attached hydrogen (secondary N) is 1. The summed E-state index contributed by atoms with van der Waals surface area (Å²) in [5.41, 5.74) is 3.40. The van der Waals surface area contributed by atoms with E-state index in [1.54, 1.807) is 17.4 Å². The van der Waals surface area contributed by atoms with E-state index in [1.807, 2.05) is 65.7 Å². The third-order valence-electron chi connectivity index (χ3n) is 5.11. The molecule has 0 unspecified atom stereocenters. The number of anilines is 1. The normalized spacial score (nSPS) is 13.7. The van der Waals surface area contributed by atoms with Gasteiger partial charge in [-0.05, 0) is 43.2 Å². The van der Waals surface area contributed by atoms with E-state index in [0.717, 1.165) is 34.8 Å². The number of para-hydroxylation sites is 1. The van der Waals surface area contributed by atoms with E-state index in [-0.39, 0.29) is 11.8 Å². The molecule has 0 spiro atoms. The van der Waals surface area contributed by atoms with Crippen LogP contribution in [0.3, 0.4) is 0 Å². The van der Waals surface area contributed by atoms with Crippen molar-refractivity contribution in [2.75, 3.05) is 11.9 Å². The molecule has 6 nitrogen and oxygen atoms in total. The fraction of sp³-hybridized carbons (Fsp3) is 0.240. The van der Waals surface area contributed by atoms with Gasteiger partial charge in [0.25, 0.3) is 0 Å². The summed E-state index contributed by atoms with van der Waals surface area (Å²) >= 11 is 1.59. The van der Waals surface area contributed by atoms with Gasteiger partial charge in [-0.25, -0.2) is 4.98 Å². The molecule has 0 bridgehead atoms. The van der Waals surface area contributed by atoms with E-state index < -0.39 is 0 Å². The second-order valence-electron chi connectivity index (χ2n) is 7.63. The number of hydrogen-bond acceptors (Lipinski definition) is 5. The number of likely N-dealkylation sites (tertiary alicyclic amines) is 1. The minimum Gasteiger partial charge on any atom is -0.487 e. The maximum absolute atomic E-state index is 12.5. The molecule has 32 heavy (non-hydrogen) atoms. The number of thiazole rings is 1. The number of hydrogen-bond donors (Lipinski definition) is 1. The van der Waals surface area contributed by atoms with Crippen LogP contribution in [0.4, 0.5) is 5.69 Å². The lowest BCUT2D eigenvalue weighted by molar-refractivity contribution is -0.128. The van der Waals surface area contributed by atoms with Crippen LogP contribution in [0.2, 0.25) is 0 Å². The van der Waals surface area contributed by atoms with Gasteiger partial charge in [-0.2, -0.15) is 0 Å². The topological polar surface area (TPSA) is 71.5 Å². The first-order valence-corrected chi connectivity index (χ1v) is 11.4. The number of benzene rings is 2. The molecule has 0 aliphatic carbocycles. The number of ether oxygens (including phenoxy) is 1. The summed E-state index contributed by atoms with van der Waals surface area (Å²) in [7, 11) is 0. The first-order valence-electron chi connectivity index (χ1n) is 10.6. The van der Waals surface area contributed by atoms with E-state index in [4.69, 9.17) is 4.74 Å². The minimum absolute atomic E-state index is 0.188. The zero-order valence-corrected chi connectivity index (χ0v) is 18.7. The standard InChI is InChI=1S/C25H25N3O3S/c1-18-26-22(17-32-18)16-31-23-9-3-2-7-20(23)11-12-24(29)27-21-8-4-6-19(14-21)15-28-13-5-10-25(28)30/h2-4,6-9,11-12,14,17H,5,10,13,15-16H2,1H3,(H,27,29)/b12-11+. The lowest BCUT2D eigenvalue weighted by atomic mass is 10.1. The van der Waals surface area contributed by atoms with Crippen molar-refractivity contribution in [1.29, 1.82) is 0 Å². The summed E-state index contributed by atoms with van der Waals surface area (Å²) in [5, 5.41) is 5.88. The number of rotatable bonds is 8. The van der Waals surface area contributed by atoms with Crippen LogP contribution in [0.5, 0.6) is 5.75 Å². The first-order chi connectivity index (χ1) is 15.6. The van der Waals surface area contributed by atoms with Crippen LogP contribution in [0.15, 0.2) is 60.0 Å². The zero-order valence-electron chi connectivity index (χ0n) is 17.9. The maximum Gasteiger partial charge on any atom is 0.248 e.